The molecule has 0 radical (unpaired) electrons. The van der Waals surface area contributed by atoms with E-state index in [1.807, 2.05) is 12.1 Å². The third kappa shape index (κ3) is 2.82. The van der Waals surface area contributed by atoms with Gasteiger partial charge in [0.1, 0.15) is 11.6 Å². The van der Waals surface area contributed by atoms with Crippen LogP contribution in [0.1, 0.15) is 19.3 Å². The van der Waals surface area contributed by atoms with E-state index in [2.05, 4.69) is 47.4 Å². The standard InChI is InChI=1S/C21H22N2O/c1-24-17-10-11-18-19(16-8-4-2-5-9-16)15-21(22-20(18)14-17)23-12-6-3-7-13-23/h2,4-5,8-11,14-15H,3,6-7,12-13H2,1H3. The van der Waals surface area contributed by atoms with E-state index in [1.165, 1.54) is 35.8 Å². The van der Waals surface area contributed by atoms with Crippen molar-refractivity contribution in [2.75, 3.05) is 25.1 Å². The molecule has 1 fully saturated rings. The predicted molar refractivity (Wildman–Crippen MR) is 99.8 cm³/mol. The van der Waals surface area contributed by atoms with Crippen LogP contribution in [-0.4, -0.2) is 25.2 Å². The molecular weight excluding hydrogens is 296 g/mol. The molecule has 1 aromatic heterocycles. The highest BCUT2D eigenvalue weighted by Crippen LogP contribution is 2.33. The Morgan fingerprint density at radius 1 is 0.917 bits per heavy atom. The number of hydrogen-bond acceptors (Lipinski definition) is 3. The number of aromatic nitrogens is 1. The molecule has 3 heteroatoms. The number of anilines is 1. The number of methoxy groups -OCH3 is 1. The van der Waals surface area contributed by atoms with E-state index in [4.69, 9.17) is 9.72 Å². The molecule has 3 aromatic rings. The van der Waals surface area contributed by atoms with Gasteiger partial charge in [0.25, 0.3) is 0 Å². The first kappa shape index (κ1) is 15.0. The average molecular weight is 318 g/mol. The molecule has 0 atom stereocenters. The monoisotopic (exact) mass is 318 g/mol. The normalized spacial score (nSPS) is 14.8. The molecule has 1 saturated heterocycles. The van der Waals surface area contributed by atoms with E-state index in [0.717, 1.165) is 30.2 Å². The maximum Gasteiger partial charge on any atom is 0.129 e. The van der Waals surface area contributed by atoms with Crippen molar-refractivity contribution in [2.24, 2.45) is 0 Å². The second-order valence-electron chi connectivity index (χ2n) is 6.32. The fourth-order valence-electron chi connectivity index (χ4n) is 3.46. The second-order valence-corrected chi connectivity index (χ2v) is 6.32. The van der Waals surface area contributed by atoms with Crippen molar-refractivity contribution in [3.63, 3.8) is 0 Å². The highest BCUT2D eigenvalue weighted by Gasteiger charge is 2.15. The van der Waals surface area contributed by atoms with Crippen LogP contribution in [0.2, 0.25) is 0 Å². The predicted octanol–water partition coefficient (Wildman–Crippen LogP) is 4.90. The minimum atomic E-state index is 0.852. The van der Waals surface area contributed by atoms with Gasteiger partial charge in [0, 0.05) is 24.5 Å². The molecule has 24 heavy (non-hydrogen) atoms. The van der Waals surface area contributed by atoms with Gasteiger partial charge in [-0.3, -0.25) is 0 Å². The third-order valence-electron chi connectivity index (χ3n) is 4.77. The van der Waals surface area contributed by atoms with Gasteiger partial charge >= 0.3 is 0 Å². The number of benzene rings is 2. The highest BCUT2D eigenvalue weighted by atomic mass is 16.5. The molecule has 0 aliphatic carbocycles. The van der Waals surface area contributed by atoms with Gasteiger partial charge in [-0.2, -0.15) is 0 Å². The summed E-state index contributed by atoms with van der Waals surface area (Å²) in [4.78, 5) is 7.35. The molecule has 0 bridgehead atoms. The summed E-state index contributed by atoms with van der Waals surface area (Å²) in [7, 11) is 1.70. The Bertz CT molecular complexity index is 839. The molecule has 0 saturated carbocycles. The van der Waals surface area contributed by atoms with Crippen LogP contribution in [0.5, 0.6) is 5.75 Å². The molecule has 2 heterocycles. The molecule has 4 rings (SSSR count). The van der Waals surface area contributed by atoms with Crippen molar-refractivity contribution in [3.05, 3.63) is 54.6 Å². The molecule has 1 aliphatic rings. The summed E-state index contributed by atoms with van der Waals surface area (Å²) < 4.78 is 5.40. The number of ether oxygens (including phenoxy) is 1. The van der Waals surface area contributed by atoms with Crippen molar-refractivity contribution in [3.8, 4) is 16.9 Å². The lowest BCUT2D eigenvalue weighted by molar-refractivity contribution is 0.415. The minimum absolute atomic E-state index is 0.852. The van der Waals surface area contributed by atoms with E-state index in [-0.39, 0.29) is 0 Å². The second kappa shape index (κ2) is 6.52. The summed E-state index contributed by atoms with van der Waals surface area (Å²) in [6.07, 6.45) is 3.82. The van der Waals surface area contributed by atoms with Crippen molar-refractivity contribution in [1.29, 1.82) is 0 Å². The largest absolute Gasteiger partial charge is 0.497 e. The number of hydrogen-bond donors (Lipinski definition) is 0. The first-order chi connectivity index (χ1) is 11.8. The van der Waals surface area contributed by atoms with Crippen LogP contribution in [0.25, 0.3) is 22.0 Å². The zero-order valence-electron chi connectivity index (χ0n) is 14.0. The minimum Gasteiger partial charge on any atom is -0.497 e. The molecular formula is C21H22N2O. The van der Waals surface area contributed by atoms with Crippen molar-refractivity contribution < 1.29 is 4.74 Å². The molecule has 2 aromatic carbocycles. The molecule has 0 spiro atoms. The first-order valence-corrected chi connectivity index (χ1v) is 8.64. The molecule has 3 nitrogen and oxygen atoms in total. The van der Waals surface area contributed by atoms with E-state index >= 15 is 0 Å². The SMILES string of the molecule is COc1ccc2c(-c3ccccc3)cc(N3CCCCC3)nc2c1. The summed E-state index contributed by atoms with van der Waals surface area (Å²) in [5, 5.41) is 1.17. The number of rotatable bonds is 3. The summed E-state index contributed by atoms with van der Waals surface area (Å²) in [5.41, 5.74) is 3.47. The molecule has 0 unspecified atom stereocenters. The lowest BCUT2D eigenvalue weighted by Gasteiger charge is -2.28. The number of pyridine rings is 1. The van der Waals surface area contributed by atoms with Crippen molar-refractivity contribution in [1.82, 2.24) is 4.98 Å². The topological polar surface area (TPSA) is 25.4 Å². The molecule has 122 valence electrons. The lowest BCUT2D eigenvalue weighted by atomic mass is 10.0. The summed E-state index contributed by atoms with van der Waals surface area (Å²) in [6.45, 7) is 2.19. The van der Waals surface area contributed by atoms with E-state index in [0.29, 0.717) is 0 Å². The van der Waals surface area contributed by atoms with Crippen LogP contribution in [-0.2, 0) is 0 Å². The van der Waals surface area contributed by atoms with Gasteiger partial charge in [-0.25, -0.2) is 4.98 Å². The van der Waals surface area contributed by atoms with Crippen LogP contribution in [0.15, 0.2) is 54.6 Å². The third-order valence-corrected chi connectivity index (χ3v) is 4.77. The summed E-state index contributed by atoms with van der Waals surface area (Å²) >= 11 is 0. The van der Waals surface area contributed by atoms with E-state index in [9.17, 15) is 0 Å². The van der Waals surface area contributed by atoms with Crippen molar-refractivity contribution in [2.45, 2.75) is 19.3 Å². The number of nitrogens with zero attached hydrogens (tertiary/aromatic N) is 2. The average Bonchev–Trinajstić information content (AvgIpc) is 2.68. The Balaban J connectivity index is 1.90. The fourth-order valence-corrected chi connectivity index (χ4v) is 3.46. The van der Waals surface area contributed by atoms with E-state index < -0.39 is 0 Å². The summed E-state index contributed by atoms with van der Waals surface area (Å²) in [6, 6.07) is 19.0. The zero-order chi connectivity index (χ0) is 16.4. The van der Waals surface area contributed by atoms with Gasteiger partial charge in [-0.15, -0.1) is 0 Å². The highest BCUT2D eigenvalue weighted by molar-refractivity contribution is 5.96. The van der Waals surface area contributed by atoms with Gasteiger partial charge in [-0.05, 0) is 48.6 Å². The first-order valence-electron chi connectivity index (χ1n) is 8.64. The smallest absolute Gasteiger partial charge is 0.129 e. The van der Waals surface area contributed by atoms with Crippen LogP contribution >= 0.6 is 0 Å². The van der Waals surface area contributed by atoms with Crippen molar-refractivity contribution >= 4 is 16.7 Å². The van der Waals surface area contributed by atoms with Crippen LogP contribution in [0, 0.1) is 0 Å². The van der Waals surface area contributed by atoms with Gasteiger partial charge in [0.15, 0.2) is 0 Å². The Morgan fingerprint density at radius 3 is 2.46 bits per heavy atom. The maximum atomic E-state index is 5.40. The van der Waals surface area contributed by atoms with Crippen LogP contribution in [0.3, 0.4) is 0 Å². The number of fused-ring (bicyclic) bond motifs is 1. The Labute approximate surface area is 142 Å². The van der Waals surface area contributed by atoms with Gasteiger partial charge in [0.2, 0.25) is 0 Å². The van der Waals surface area contributed by atoms with Gasteiger partial charge in [0.05, 0.1) is 12.6 Å². The van der Waals surface area contributed by atoms with Crippen LogP contribution in [0.4, 0.5) is 5.82 Å². The fraction of sp³-hybridized carbons (Fsp3) is 0.286. The zero-order valence-corrected chi connectivity index (χ0v) is 14.0. The Hall–Kier alpha value is -2.55. The van der Waals surface area contributed by atoms with Crippen LogP contribution < -0.4 is 9.64 Å². The molecule has 0 amide bonds. The Morgan fingerprint density at radius 2 is 1.71 bits per heavy atom. The van der Waals surface area contributed by atoms with Gasteiger partial charge in [-0.1, -0.05) is 30.3 Å². The Kier molecular flexibility index (Phi) is 4.08. The lowest BCUT2D eigenvalue weighted by Crippen LogP contribution is -2.30. The summed E-state index contributed by atoms with van der Waals surface area (Å²) in [5.74, 6) is 1.93. The number of piperidine rings is 1. The maximum absolute atomic E-state index is 5.40. The molecule has 0 N–H and O–H groups in total. The quantitative estimate of drug-likeness (QED) is 0.687. The van der Waals surface area contributed by atoms with E-state index in [1.54, 1.807) is 7.11 Å². The molecule has 1 aliphatic heterocycles. The van der Waals surface area contributed by atoms with Gasteiger partial charge < -0.3 is 9.64 Å².